The van der Waals surface area contributed by atoms with Crippen LogP contribution in [0.1, 0.15) is 19.8 Å². The fourth-order valence-corrected chi connectivity index (χ4v) is 3.48. The van der Waals surface area contributed by atoms with Gasteiger partial charge in [0.2, 0.25) is 5.91 Å². The molecule has 3 aromatic rings. The molecule has 7 heteroatoms. The van der Waals surface area contributed by atoms with Crippen LogP contribution in [-0.2, 0) is 10.3 Å². The van der Waals surface area contributed by atoms with Gasteiger partial charge in [-0.25, -0.2) is 4.98 Å². The van der Waals surface area contributed by atoms with Crippen LogP contribution in [0.15, 0.2) is 36.9 Å². The van der Waals surface area contributed by atoms with E-state index in [4.69, 9.17) is 0 Å². The maximum Gasteiger partial charge on any atom is 0.222 e. The lowest BCUT2D eigenvalue weighted by molar-refractivity contribution is -0.142. The molecule has 0 aliphatic carbocycles. The first kappa shape index (κ1) is 15.4. The number of rotatable bonds is 4. The zero-order valence-electron chi connectivity index (χ0n) is 13.9. The van der Waals surface area contributed by atoms with Crippen LogP contribution >= 0.6 is 0 Å². The molecule has 1 amide bonds. The van der Waals surface area contributed by atoms with Crippen LogP contribution < -0.4 is 0 Å². The number of carbonyl (C=O) groups excluding carboxylic acids is 1. The van der Waals surface area contributed by atoms with Crippen molar-refractivity contribution in [2.75, 3.05) is 13.1 Å². The van der Waals surface area contributed by atoms with Crippen LogP contribution in [0.25, 0.3) is 22.2 Å². The average Bonchev–Trinajstić information content (AvgIpc) is 3.25. The molecule has 4 rings (SSSR count). The van der Waals surface area contributed by atoms with Crippen molar-refractivity contribution < 1.29 is 4.79 Å². The topological polar surface area (TPSA) is 90.6 Å². The molecule has 1 aliphatic rings. The van der Waals surface area contributed by atoms with Crippen LogP contribution in [-0.4, -0.2) is 43.6 Å². The minimum atomic E-state index is -0.428. The molecule has 4 heterocycles. The molecule has 25 heavy (non-hydrogen) atoms. The molecular formula is C18H18N6O. The Balaban J connectivity index is 1.67. The number of amides is 1. The van der Waals surface area contributed by atoms with E-state index in [1.54, 1.807) is 11.1 Å². The Labute approximate surface area is 144 Å². The lowest BCUT2D eigenvalue weighted by Crippen LogP contribution is -2.64. The Morgan fingerprint density at radius 3 is 3.04 bits per heavy atom. The van der Waals surface area contributed by atoms with Gasteiger partial charge in [0.05, 0.1) is 18.7 Å². The molecule has 0 aromatic carbocycles. The van der Waals surface area contributed by atoms with Gasteiger partial charge in [0.1, 0.15) is 11.2 Å². The number of pyridine rings is 1. The molecular weight excluding hydrogens is 316 g/mol. The zero-order valence-corrected chi connectivity index (χ0v) is 13.9. The van der Waals surface area contributed by atoms with E-state index in [-0.39, 0.29) is 5.91 Å². The fraction of sp³-hybridized carbons (Fsp3) is 0.333. The summed E-state index contributed by atoms with van der Waals surface area (Å²) in [5.41, 5.74) is 2.43. The second-order valence-electron chi connectivity index (χ2n) is 6.43. The minimum Gasteiger partial charge on any atom is -0.346 e. The third-order valence-corrected chi connectivity index (χ3v) is 4.87. The predicted octanol–water partition coefficient (Wildman–Crippen LogP) is 2.29. The molecule has 7 nitrogen and oxygen atoms in total. The Morgan fingerprint density at radius 1 is 1.44 bits per heavy atom. The van der Waals surface area contributed by atoms with E-state index < -0.39 is 5.54 Å². The standard InChI is InChI=1S/C18H18N6O/c1-2-16(25)23-11-18(12-23,5-6-19)24-10-13(9-22-24)14-3-7-20-17-15(14)4-8-21-17/h3-4,7-10H,2,5,11-12H2,1H3,(H,20,21). The molecule has 1 fully saturated rings. The van der Waals surface area contributed by atoms with Gasteiger partial charge in [0.25, 0.3) is 0 Å². The van der Waals surface area contributed by atoms with E-state index in [2.05, 4.69) is 21.1 Å². The van der Waals surface area contributed by atoms with Crippen molar-refractivity contribution in [3.8, 4) is 17.2 Å². The summed E-state index contributed by atoms with van der Waals surface area (Å²) in [5, 5.41) is 14.8. The van der Waals surface area contributed by atoms with Crippen LogP contribution in [0.3, 0.4) is 0 Å². The molecule has 1 saturated heterocycles. The van der Waals surface area contributed by atoms with Crippen LogP contribution in [0.5, 0.6) is 0 Å². The van der Waals surface area contributed by atoms with Crippen molar-refractivity contribution >= 4 is 16.9 Å². The monoisotopic (exact) mass is 334 g/mol. The number of aromatic nitrogens is 4. The number of nitriles is 1. The Kier molecular flexibility index (Phi) is 3.53. The molecule has 1 aliphatic heterocycles. The Morgan fingerprint density at radius 2 is 2.28 bits per heavy atom. The number of carbonyl (C=O) groups is 1. The van der Waals surface area contributed by atoms with E-state index >= 15 is 0 Å². The highest BCUT2D eigenvalue weighted by molar-refractivity contribution is 5.92. The predicted molar refractivity (Wildman–Crippen MR) is 92.4 cm³/mol. The summed E-state index contributed by atoms with van der Waals surface area (Å²) in [4.78, 5) is 21.1. The molecule has 0 atom stereocenters. The average molecular weight is 334 g/mol. The second kappa shape index (κ2) is 5.74. The summed E-state index contributed by atoms with van der Waals surface area (Å²) in [5.74, 6) is 0.115. The molecule has 0 radical (unpaired) electrons. The van der Waals surface area contributed by atoms with Crippen molar-refractivity contribution in [1.82, 2.24) is 24.6 Å². The first-order valence-corrected chi connectivity index (χ1v) is 8.29. The first-order valence-electron chi connectivity index (χ1n) is 8.29. The summed E-state index contributed by atoms with van der Waals surface area (Å²) >= 11 is 0. The smallest absolute Gasteiger partial charge is 0.222 e. The maximum absolute atomic E-state index is 11.9. The number of aromatic amines is 1. The number of nitrogens with one attached hydrogen (secondary N) is 1. The highest BCUT2D eigenvalue weighted by Crippen LogP contribution is 2.34. The van der Waals surface area contributed by atoms with Crippen molar-refractivity contribution in [2.24, 2.45) is 0 Å². The fourth-order valence-electron chi connectivity index (χ4n) is 3.48. The summed E-state index contributed by atoms with van der Waals surface area (Å²) < 4.78 is 1.85. The van der Waals surface area contributed by atoms with E-state index in [0.29, 0.717) is 25.9 Å². The first-order chi connectivity index (χ1) is 12.2. The third-order valence-electron chi connectivity index (χ3n) is 4.87. The Bertz CT molecular complexity index is 973. The second-order valence-corrected chi connectivity index (χ2v) is 6.43. The van der Waals surface area contributed by atoms with E-state index in [0.717, 1.165) is 22.2 Å². The number of nitrogens with zero attached hydrogens (tertiary/aromatic N) is 5. The van der Waals surface area contributed by atoms with Gasteiger partial charge in [-0.15, -0.1) is 0 Å². The van der Waals surface area contributed by atoms with Crippen LogP contribution in [0.4, 0.5) is 0 Å². The quantitative estimate of drug-likeness (QED) is 0.792. The Hall–Kier alpha value is -3.14. The number of fused-ring (bicyclic) bond motifs is 1. The number of hydrogen-bond acceptors (Lipinski definition) is 4. The highest BCUT2D eigenvalue weighted by Gasteiger charge is 2.47. The normalized spacial score (nSPS) is 15.8. The maximum atomic E-state index is 11.9. The zero-order chi connectivity index (χ0) is 17.4. The van der Waals surface area contributed by atoms with E-state index in [1.807, 2.05) is 42.3 Å². The number of likely N-dealkylation sites (tertiary alicyclic amines) is 1. The molecule has 0 unspecified atom stereocenters. The molecule has 0 spiro atoms. The van der Waals surface area contributed by atoms with Gasteiger partial charge >= 0.3 is 0 Å². The molecule has 0 bridgehead atoms. The summed E-state index contributed by atoms with van der Waals surface area (Å²) in [6.07, 6.45) is 8.22. The van der Waals surface area contributed by atoms with Gasteiger partial charge in [-0.05, 0) is 17.7 Å². The van der Waals surface area contributed by atoms with E-state index in [1.165, 1.54) is 0 Å². The summed E-state index contributed by atoms with van der Waals surface area (Å²) in [6.45, 7) is 2.92. The number of hydrogen-bond donors (Lipinski definition) is 1. The van der Waals surface area contributed by atoms with Gasteiger partial charge in [-0.3, -0.25) is 9.48 Å². The van der Waals surface area contributed by atoms with Crippen molar-refractivity contribution in [1.29, 1.82) is 5.26 Å². The number of H-pyrrole nitrogens is 1. The lowest BCUT2D eigenvalue weighted by atomic mass is 9.86. The third kappa shape index (κ3) is 2.38. The van der Waals surface area contributed by atoms with Crippen LogP contribution in [0.2, 0.25) is 0 Å². The lowest BCUT2D eigenvalue weighted by Gasteiger charge is -2.49. The van der Waals surface area contributed by atoms with Crippen molar-refractivity contribution in [2.45, 2.75) is 25.3 Å². The minimum absolute atomic E-state index is 0.115. The van der Waals surface area contributed by atoms with Gasteiger partial charge < -0.3 is 9.88 Å². The summed E-state index contributed by atoms with van der Waals surface area (Å²) in [6, 6.07) is 6.20. The van der Waals surface area contributed by atoms with E-state index in [9.17, 15) is 10.1 Å². The van der Waals surface area contributed by atoms with Gasteiger partial charge in [-0.1, -0.05) is 6.92 Å². The largest absolute Gasteiger partial charge is 0.346 e. The SMILES string of the molecule is CCC(=O)N1CC(CC#N)(n2cc(-c3ccnc4[nH]ccc34)cn2)C1. The van der Waals surface area contributed by atoms with Gasteiger partial charge in [-0.2, -0.15) is 10.4 Å². The molecule has 1 N–H and O–H groups in total. The van der Waals surface area contributed by atoms with Crippen molar-refractivity contribution in [3.63, 3.8) is 0 Å². The van der Waals surface area contributed by atoms with Gasteiger partial charge in [0.15, 0.2) is 0 Å². The molecule has 3 aromatic heterocycles. The van der Waals surface area contributed by atoms with Crippen molar-refractivity contribution in [3.05, 3.63) is 36.9 Å². The van der Waals surface area contributed by atoms with Gasteiger partial charge in [0, 0.05) is 49.1 Å². The molecule has 0 saturated carbocycles. The van der Waals surface area contributed by atoms with Crippen LogP contribution in [0, 0.1) is 11.3 Å². The summed E-state index contributed by atoms with van der Waals surface area (Å²) in [7, 11) is 0. The molecule has 126 valence electrons. The highest BCUT2D eigenvalue weighted by atomic mass is 16.2.